The van der Waals surface area contributed by atoms with Crippen LogP contribution in [-0.4, -0.2) is 35.7 Å². The molecule has 0 saturated carbocycles. The third kappa shape index (κ3) is 5.21. The van der Waals surface area contributed by atoms with Crippen LogP contribution in [0, 0.1) is 5.92 Å². The van der Waals surface area contributed by atoms with Crippen LogP contribution in [0.15, 0.2) is 0 Å². The van der Waals surface area contributed by atoms with Gasteiger partial charge < -0.3 is 21.5 Å². The minimum atomic E-state index is -0.736. The number of primary amides is 1. The van der Waals surface area contributed by atoms with Crippen molar-refractivity contribution in [3.05, 3.63) is 0 Å². The quantitative estimate of drug-likeness (QED) is 0.483. The van der Waals surface area contributed by atoms with E-state index < -0.39 is 12.1 Å². The Hall–Kier alpha value is -1.30. The third-order valence-corrected chi connectivity index (χ3v) is 1.91. The lowest BCUT2D eigenvalue weighted by molar-refractivity contribution is -0.124. The van der Waals surface area contributed by atoms with Gasteiger partial charge in [0, 0.05) is 6.04 Å². The molecule has 0 aromatic heterocycles. The van der Waals surface area contributed by atoms with Gasteiger partial charge in [-0.1, -0.05) is 13.8 Å². The lowest BCUT2D eigenvalue weighted by Gasteiger charge is -2.22. The van der Waals surface area contributed by atoms with Crippen LogP contribution >= 0.6 is 0 Å². The first-order valence-electron chi connectivity index (χ1n) is 4.85. The molecule has 0 radical (unpaired) electrons. The van der Waals surface area contributed by atoms with Crippen molar-refractivity contribution in [3.8, 4) is 0 Å². The summed E-state index contributed by atoms with van der Waals surface area (Å²) in [6.45, 7) is 5.11. The van der Waals surface area contributed by atoms with Crippen LogP contribution in [0.5, 0.6) is 0 Å². The largest absolute Gasteiger partial charge is 0.394 e. The van der Waals surface area contributed by atoms with Crippen molar-refractivity contribution in [2.75, 3.05) is 6.61 Å². The summed E-state index contributed by atoms with van der Waals surface area (Å²) in [6, 6.07) is -1.74. The van der Waals surface area contributed by atoms with Crippen molar-refractivity contribution in [3.63, 3.8) is 0 Å². The van der Waals surface area contributed by atoms with Gasteiger partial charge in [-0.25, -0.2) is 4.79 Å². The van der Waals surface area contributed by atoms with Crippen LogP contribution in [0.1, 0.15) is 20.8 Å². The lowest BCUT2D eigenvalue weighted by Crippen LogP contribution is -2.53. The maximum absolute atomic E-state index is 11.6. The molecule has 1 unspecified atom stereocenters. The molecule has 0 aromatic rings. The molecule has 0 heterocycles. The number of carbonyl (C=O) groups is 2. The second kappa shape index (κ2) is 6.23. The van der Waals surface area contributed by atoms with E-state index in [1.807, 2.05) is 0 Å². The topological polar surface area (TPSA) is 104 Å². The van der Waals surface area contributed by atoms with Crippen molar-refractivity contribution < 1.29 is 14.7 Å². The number of nitrogens with two attached hydrogens (primary N) is 1. The first kappa shape index (κ1) is 13.7. The summed E-state index contributed by atoms with van der Waals surface area (Å²) < 4.78 is 0. The van der Waals surface area contributed by atoms with Crippen LogP contribution in [0.4, 0.5) is 4.79 Å². The Labute approximate surface area is 89.2 Å². The Morgan fingerprint density at radius 3 is 2.13 bits per heavy atom. The van der Waals surface area contributed by atoms with Gasteiger partial charge in [0.25, 0.3) is 0 Å². The van der Waals surface area contributed by atoms with Gasteiger partial charge in [0.05, 0.1) is 6.61 Å². The third-order valence-electron chi connectivity index (χ3n) is 1.91. The highest BCUT2D eigenvalue weighted by Crippen LogP contribution is 2.01. The number of aliphatic hydroxyl groups excluding tert-OH is 1. The van der Waals surface area contributed by atoms with Crippen molar-refractivity contribution in [2.45, 2.75) is 32.9 Å². The molecule has 6 heteroatoms. The van der Waals surface area contributed by atoms with E-state index in [0.29, 0.717) is 0 Å². The monoisotopic (exact) mass is 217 g/mol. The van der Waals surface area contributed by atoms with Gasteiger partial charge >= 0.3 is 6.03 Å². The second-order valence-corrected chi connectivity index (χ2v) is 3.82. The van der Waals surface area contributed by atoms with Gasteiger partial charge in [0.15, 0.2) is 0 Å². The van der Waals surface area contributed by atoms with E-state index in [2.05, 4.69) is 10.6 Å². The fourth-order valence-corrected chi connectivity index (χ4v) is 1.07. The van der Waals surface area contributed by atoms with E-state index >= 15 is 0 Å². The Morgan fingerprint density at radius 1 is 1.27 bits per heavy atom. The van der Waals surface area contributed by atoms with Gasteiger partial charge in [-0.05, 0) is 12.8 Å². The summed E-state index contributed by atoms with van der Waals surface area (Å²) in [5.74, 6) is -0.409. The Morgan fingerprint density at radius 2 is 1.80 bits per heavy atom. The summed E-state index contributed by atoms with van der Waals surface area (Å²) in [5, 5.41) is 13.7. The van der Waals surface area contributed by atoms with Gasteiger partial charge in [0.2, 0.25) is 5.91 Å². The summed E-state index contributed by atoms with van der Waals surface area (Å²) in [7, 11) is 0. The molecule has 0 saturated heterocycles. The van der Waals surface area contributed by atoms with Crippen molar-refractivity contribution >= 4 is 11.9 Å². The van der Waals surface area contributed by atoms with Crippen LogP contribution in [0.25, 0.3) is 0 Å². The van der Waals surface area contributed by atoms with Crippen molar-refractivity contribution in [1.82, 2.24) is 10.6 Å². The zero-order valence-corrected chi connectivity index (χ0v) is 9.28. The molecular weight excluding hydrogens is 198 g/mol. The smallest absolute Gasteiger partial charge is 0.312 e. The van der Waals surface area contributed by atoms with E-state index in [4.69, 9.17) is 10.8 Å². The average molecular weight is 217 g/mol. The molecule has 5 N–H and O–H groups in total. The van der Waals surface area contributed by atoms with Crippen LogP contribution in [0.2, 0.25) is 0 Å². The summed E-state index contributed by atoms with van der Waals surface area (Å²) in [5.41, 5.74) is 4.95. The standard InChI is InChI=1S/C9H19N3O3/c1-5(2)7(12-9(10)15)8(14)11-6(3)4-13/h5-7,13H,4H2,1-3H3,(H,11,14)(H3,10,12,15)/t6-,7?/m0/s1. The number of urea groups is 1. The molecule has 0 rings (SSSR count). The number of aliphatic hydroxyl groups is 1. The minimum absolute atomic E-state index is 0.0663. The number of hydrogen-bond acceptors (Lipinski definition) is 3. The fraction of sp³-hybridized carbons (Fsp3) is 0.778. The number of rotatable bonds is 5. The highest BCUT2D eigenvalue weighted by atomic mass is 16.3. The predicted molar refractivity (Wildman–Crippen MR) is 56.0 cm³/mol. The molecule has 0 aliphatic heterocycles. The highest BCUT2D eigenvalue weighted by molar-refractivity contribution is 5.86. The minimum Gasteiger partial charge on any atom is -0.394 e. The fourth-order valence-electron chi connectivity index (χ4n) is 1.07. The normalized spacial score (nSPS) is 14.5. The summed E-state index contributed by atoms with van der Waals surface area (Å²) in [6.07, 6.45) is 0. The molecule has 0 spiro atoms. The predicted octanol–water partition coefficient (Wildman–Crippen LogP) is -0.824. The van der Waals surface area contributed by atoms with Gasteiger partial charge in [-0.15, -0.1) is 0 Å². The molecule has 0 aliphatic rings. The SMILES string of the molecule is CC(C)C(NC(N)=O)C(=O)N[C@@H](C)CO. The van der Waals surface area contributed by atoms with E-state index in [0.717, 1.165) is 0 Å². The Balaban J connectivity index is 4.35. The molecule has 0 aromatic carbocycles. The summed E-state index contributed by atoms with van der Waals surface area (Å²) >= 11 is 0. The molecule has 15 heavy (non-hydrogen) atoms. The maximum atomic E-state index is 11.6. The molecule has 2 atom stereocenters. The zero-order chi connectivity index (χ0) is 12.0. The first-order valence-corrected chi connectivity index (χ1v) is 4.85. The van der Waals surface area contributed by atoms with Crippen molar-refractivity contribution in [1.29, 1.82) is 0 Å². The van der Waals surface area contributed by atoms with Crippen molar-refractivity contribution in [2.24, 2.45) is 11.7 Å². The lowest BCUT2D eigenvalue weighted by atomic mass is 10.0. The number of carbonyl (C=O) groups excluding carboxylic acids is 2. The summed E-state index contributed by atoms with van der Waals surface area (Å²) in [4.78, 5) is 22.3. The van der Waals surface area contributed by atoms with Gasteiger partial charge in [-0.3, -0.25) is 4.79 Å². The average Bonchev–Trinajstić information content (AvgIpc) is 2.12. The Kier molecular flexibility index (Phi) is 5.69. The van der Waals surface area contributed by atoms with E-state index in [1.165, 1.54) is 0 Å². The molecule has 6 nitrogen and oxygen atoms in total. The van der Waals surface area contributed by atoms with Crippen LogP contribution in [-0.2, 0) is 4.79 Å². The molecule has 3 amide bonds. The number of amides is 3. The van der Waals surface area contributed by atoms with E-state index in [-0.39, 0.29) is 24.5 Å². The molecule has 0 bridgehead atoms. The van der Waals surface area contributed by atoms with Gasteiger partial charge in [0.1, 0.15) is 6.04 Å². The highest BCUT2D eigenvalue weighted by Gasteiger charge is 2.23. The van der Waals surface area contributed by atoms with Crippen LogP contribution < -0.4 is 16.4 Å². The second-order valence-electron chi connectivity index (χ2n) is 3.82. The molecule has 88 valence electrons. The van der Waals surface area contributed by atoms with E-state index in [9.17, 15) is 9.59 Å². The number of nitrogens with one attached hydrogen (secondary N) is 2. The number of hydrogen-bond donors (Lipinski definition) is 4. The zero-order valence-electron chi connectivity index (χ0n) is 9.28. The van der Waals surface area contributed by atoms with E-state index in [1.54, 1.807) is 20.8 Å². The molecule has 0 aliphatic carbocycles. The maximum Gasteiger partial charge on any atom is 0.312 e. The van der Waals surface area contributed by atoms with Crippen LogP contribution in [0.3, 0.4) is 0 Å². The molecular formula is C9H19N3O3. The Bertz CT molecular complexity index is 231. The first-order chi connectivity index (χ1) is 6.88. The molecule has 0 fully saturated rings. The van der Waals surface area contributed by atoms with Gasteiger partial charge in [-0.2, -0.15) is 0 Å².